The number of piperidine rings is 1. The number of aliphatic hydroxyl groups is 1. The molecule has 2 heterocycles. The van der Waals surface area contributed by atoms with Crippen LogP contribution in [0, 0.1) is 23.6 Å². The van der Waals surface area contributed by atoms with Crippen LogP contribution in [0.15, 0.2) is 30.3 Å². The van der Waals surface area contributed by atoms with E-state index < -0.39 is 11.4 Å². The van der Waals surface area contributed by atoms with E-state index in [9.17, 15) is 14.3 Å². The van der Waals surface area contributed by atoms with Crippen LogP contribution in [0.1, 0.15) is 46.8 Å². The molecule has 2 aromatic rings. The molecule has 29 heavy (non-hydrogen) atoms. The van der Waals surface area contributed by atoms with E-state index in [0.717, 1.165) is 30.8 Å². The Morgan fingerprint density at radius 1 is 1.38 bits per heavy atom. The van der Waals surface area contributed by atoms with Crippen molar-refractivity contribution in [3.05, 3.63) is 51.5 Å². The molecule has 1 saturated heterocycles. The van der Waals surface area contributed by atoms with Gasteiger partial charge in [0.05, 0.1) is 12.0 Å². The minimum atomic E-state index is -1.01. The molecule has 1 atom stereocenters. The number of methoxy groups -OCH3 is 1. The third-order valence-corrected chi connectivity index (χ3v) is 5.83. The van der Waals surface area contributed by atoms with E-state index in [-0.39, 0.29) is 17.5 Å². The number of thiophene rings is 1. The van der Waals surface area contributed by atoms with Gasteiger partial charge in [0.1, 0.15) is 5.60 Å². The fourth-order valence-electron chi connectivity index (χ4n) is 3.43. The van der Waals surface area contributed by atoms with Gasteiger partial charge in [-0.25, -0.2) is 4.39 Å². The zero-order valence-corrected chi connectivity index (χ0v) is 17.8. The summed E-state index contributed by atoms with van der Waals surface area (Å²) < 4.78 is 18.9. The summed E-state index contributed by atoms with van der Waals surface area (Å²) in [6, 6.07) is 8.42. The number of halogens is 1. The molecule has 0 bridgehead atoms. The lowest BCUT2D eigenvalue weighted by Gasteiger charge is -2.31. The first-order valence-corrected chi connectivity index (χ1v) is 10.5. The van der Waals surface area contributed by atoms with E-state index in [1.165, 1.54) is 24.1 Å². The summed E-state index contributed by atoms with van der Waals surface area (Å²) in [7, 11) is 1.41. The highest BCUT2D eigenvalue weighted by atomic mass is 32.1. The fraction of sp³-hybridized carbons (Fsp3) is 0.435. The lowest BCUT2D eigenvalue weighted by molar-refractivity contribution is 0.0812. The highest BCUT2D eigenvalue weighted by molar-refractivity contribution is 7.12. The fourth-order valence-corrected chi connectivity index (χ4v) is 4.34. The molecule has 3 rings (SSSR count). The predicted molar refractivity (Wildman–Crippen MR) is 113 cm³/mol. The second-order valence-electron chi connectivity index (χ2n) is 7.86. The Morgan fingerprint density at radius 3 is 2.86 bits per heavy atom. The molecule has 4 nitrogen and oxygen atoms in total. The van der Waals surface area contributed by atoms with Crippen LogP contribution < -0.4 is 4.74 Å². The summed E-state index contributed by atoms with van der Waals surface area (Å²) in [4.78, 5) is 17.2. The Hall–Kier alpha value is -2.20. The summed E-state index contributed by atoms with van der Waals surface area (Å²) in [6.45, 7) is 5.68. The van der Waals surface area contributed by atoms with Gasteiger partial charge in [-0.05, 0) is 63.6 Å². The van der Waals surface area contributed by atoms with Crippen molar-refractivity contribution in [3.63, 3.8) is 0 Å². The second kappa shape index (κ2) is 9.08. The van der Waals surface area contributed by atoms with Crippen LogP contribution in [0.5, 0.6) is 5.75 Å². The number of nitrogens with zero attached hydrogens (tertiary/aromatic N) is 1. The van der Waals surface area contributed by atoms with Crippen molar-refractivity contribution in [3.8, 4) is 17.6 Å². The molecule has 1 aromatic carbocycles. The number of likely N-dealkylation sites (tertiary alicyclic amines) is 1. The summed E-state index contributed by atoms with van der Waals surface area (Å²) in [5, 5.41) is 9.73. The lowest BCUT2D eigenvalue weighted by atomic mass is 9.90. The highest BCUT2D eigenvalue weighted by Crippen LogP contribution is 2.26. The van der Waals surface area contributed by atoms with Gasteiger partial charge in [-0.2, -0.15) is 0 Å². The van der Waals surface area contributed by atoms with Crippen molar-refractivity contribution in [1.82, 2.24) is 4.90 Å². The largest absolute Gasteiger partial charge is 0.494 e. The Balaban J connectivity index is 1.63. The third kappa shape index (κ3) is 5.89. The molecule has 154 valence electrons. The molecule has 1 fully saturated rings. The van der Waals surface area contributed by atoms with Gasteiger partial charge in [0.15, 0.2) is 17.3 Å². The average molecular weight is 416 g/mol. The van der Waals surface area contributed by atoms with Gasteiger partial charge in [0, 0.05) is 29.4 Å². The van der Waals surface area contributed by atoms with Gasteiger partial charge >= 0.3 is 0 Å². The number of Topliss-reactive ketones (excluding diaryl/α,β-unsaturated/α-hetero) is 1. The Labute approximate surface area is 175 Å². The normalized spacial score (nSPS) is 17.5. The van der Waals surface area contributed by atoms with E-state index in [1.54, 1.807) is 31.3 Å². The topological polar surface area (TPSA) is 49.8 Å². The van der Waals surface area contributed by atoms with Crippen molar-refractivity contribution in [2.75, 3.05) is 20.2 Å². The maximum atomic E-state index is 14.0. The van der Waals surface area contributed by atoms with Crippen LogP contribution in [-0.2, 0) is 6.54 Å². The van der Waals surface area contributed by atoms with Crippen molar-refractivity contribution >= 4 is 17.1 Å². The molecule has 6 heteroatoms. The van der Waals surface area contributed by atoms with E-state index in [4.69, 9.17) is 4.74 Å². The number of carbonyl (C=O) groups excluding carboxylic acids is 1. The quantitative estimate of drug-likeness (QED) is 0.590. The van der Waals surface area contributed by atoms with E-state index in [1.807, 2.05) is 12.1 Å². The van der Waals surface area contributed by atoms with Crippen LogP contribution in [0.3, 0.4) is 0 Å². The van der Waals surface area contributed by atoms with Gasteiger partial charge in [-0.3, -0.25) is 9.69 Å². The molecule has 0 radical (unpaired) electrons. The highest BCUT2D eigenvalue weighted by Gasteiger charge is 2.27. The number of ketones is 1. The maximum Gasteiger partial charge on any atom is 0.167 e. The number of ether oxygens (including phenoxy) is 1. The van der Waals surface area contributed by atoms with E-state index in [2.05, 4.69) is 16.7 Å². The van der Waals surface area contributed by atoms with Crippen molar-refractivity contribution < 1.29 is 19.0 Å². The number of benzene rings is 1. The summed E-state index contributed by atoms with van der Waals surface area (Å²) in [5.74, 6) is 5.32. The van der Waals surface area contributed by atoms with Crippen LogP contribution in [0.25, 0.3) is 0 Å². The van der Waals surface area contributed by atoms with E-state index >= 15 is 0 Å². The van der Waals surface area contributed by atoms with Crippen LogP contribution in [0.4, 0.5) is 4.39 Å². The van der Waals surface area contributed by atoms with Gasteiger partial charge in [-0.15, -0.1) is 11.3 Å². The van der Waals surface area contributed by atoms with Crippen molar-refractivity contribution in [1.29, 1.82) is 0 Å². The van der Waals surface area contributed by atoms with Gasteiger partial charge in [0.25, 0.3) is 0 Å². The molecule has 0 amide bonds. The van der Waals surface area contributed by atoms with Crippen LogP contribution >= 0.6 is 11.3 Å². The molecule has 0 aliphatic carbocycles. The third-order valence-electron chi connectivity index (χ3n) is 4.85. The molecule has 0 spiro atoms. The second-order valence-corrected chi connectivity index (χ2v) is 9.03. The predicted octanol–water partition coefficient (Wildman–Crippen LogP) is 4.11. The standard InChI is InChI=1S/C23H26FNO3S/c1-23(2,27)11-10-18-7-8-19(29-18)15-25-12-4-5-17(14-25)22(26)16-6-9-21(28-3)20(24)13-16/h6-9,13,17,27H,4-5,12,14-15H2,1-3H3/t17-/m0/s1. The Kier molecular flexibility index (Phi) is 6.74. The average Bonchev–Trinajstić information content (AvgIpc) is 3.13. The zero-order chi connectivity index (χ0) is 21.0. The first-order valence-electron chi connectivity index (χ1n) is 9.69. The Morgan fingerprint density at radius 2 is 2.17 bits per heavy atom. The summed E-state index contributed by atoms with van der Waals surface area (Å²) in [6.07, 6.45) is 1.75. The lowest BCUT2D eigenvalue weighted by Crippen LogP contribution is -2.38. The number of hydrogen-bond acceptors (Lipinski definition) is 5. The number of carbonyl (C=O) groups is 1. The molecule has 1 aliphatic rings. The van der Waals surface area contributed by atoms with Crippen molar-refractivity contribution in [2.24, 2.45) is 5.92 Å². The molecular weight excluding hydrogens is 389 g/mol. The van der Waals surface area contributed by atoms with Crippen molar-refractivity contribution in [2.45, 2.75) is 38.8 Å². The van der Waals surface area contributed by atoms with Gasteiger partial charge in [-0.1, -0.05) is 11.8 Å². The van der Waals surface area contributed by atoms with Crippen LogP contribution in [-0.4, -0.2) is 41.6 Å². The summed E-state index contributed by atoms with van der Waals surface area (Å²) >= 11 is 1.60. The first-order chi connectivity index (χ1) is 13.7. The summed E-state index contributed by atoms with van der Waals surface area (Å²) in [5.41, 5.74) is -0.610. The molecule has 1 aromatic heterocycles. The maximum absolute atomic E-state index is 14.0. The SMILES string of the molecule is COc1ccc(C(=O)[C@H]2CCCN(Cc3ccc(C#CC(C)(C)O)s3)C2)cc1F. The molecule has 0 unspecified atom stereocenters. The number of rotatable bonds is 5. The minimum Gasteiger partial charge on any atom is -0.494 e. The first kappa shape index (κ1) is 21.5. The van der Waals surface area contributed by atoms with Crippen LogP contribution in [0.2, 0.25) is 0 Å². The van der Waals surface area contributed by atoms with Gasteiger partial charge < -0.3 is 9.84 Å². The minimum absolute atomic E-state index is 0.0147. The molecule has 1 N–H and O–H groups in total. The molecule has 0 saturated carbocycles. The zero-order valence-electron chi connectivity index (χ0n) is 17.0. The molecular formula is C23H26FNO3S. The van der Waals surface area contributed by atoms with E-state index in [0.29, 0.717) is 12.1 Å². The smallest absolute Gasteiger partial charge is 0.167 e. The van der Waals surface area contributed by atoms with Gasteiger partial charge in [0.2, 0.25) is 0 Å². The molecule has 1 aliphatic heterocycles. The monoisotopic (exact) mass is 415 g/mol. The Bertz CT molecular complexity index is 936. The number of hydrogen-bond donors (Lipinski definition) is 1.